The molecule has 1 heterocycles. The number of carboxylic acids is 2. The molecule has 2 aromatic carbocycles. The second kappa shape index (κ2) is 11.5. The van der Waals surface area contributed by atoms with Gasteiger partial charge in [0, 0.05) is 23.0 Å². The van der Waals surface area contributed by atoms with Crippen molar-refractivity contribution in [3.8, 4) is 0 Å². The van der Waals surface area contributed by atoms with Crippen molar-refractivity contribution in [3.63, 3.8) is 0 Å². The molecular weight excluding hydrogens is 440 g/mol. The first-order valence-electron chi connectivity index (χ1n) is 9.30. The van der Waals surface area contributed by atoms with E-state index in [0.717, 1.165) is 15.6 Å². The van der Waals surface area contributed by atoms with Gasteiger partial charge in [-0.2, -0.15) is 0 Å². The second-order valence-electron chi connectivity index (χ2n) is 6.73. The van der Waals surface area contributed by atoms with E-state index in [1.54, 1.807) is 11.8 Å². The van der Waals surface area contributed by atoms with Gasteiger partial charge in [-0.25, -0.2) is 9.59 Å². The molecule has 2 N–H and O–H groups in total. The Bertz CT molecular complexity index is 939. The Kier molecular flexibility index (Phi) is 9.11. The van der Waals surface area contributed by atoms with Crippen molar-refractivity contribution in [2.24, 2.45) is 0 Å². The maximum atomic E-state index is 12.9. The number of nitrogens with zero attached hydrogens (tertiary/aromatic N) is 2. The lowest BCUT2D eigenvalue weighted by Gasteiger charge is -2.35. The molecule has 31 heavy (non-hydrogen) atoms. The van der Waals surface area contributed by atoms with E-state index in [1.165, 1.54) is 5.56 Å². The smallest absolute Gasteiger partial charge is 0.414 e. The zero-order valence-electron chi connectivity index (χ0n) is 16.9. The maximum absolute atomic E-state index is 12.9. The number of aliphatic carboxylic acids is 2. The molecule has 164 valence electrons. The third kappa shape index (κ3) is 7.13. The number of carbonyl (C=O) groups is 3. The van der Waals surface area contributed by atoms with Crippen molar-refractivity contribution in [1.29, 1.82) is 0 Å². The highest BCUT2D eigenvalue weighted by Crippen LogP contribution is 2.45. The van der Waals surface area contributed by atoms with Gasteiger partial charge in [0.05, 0.1) is 17.5 Å². The first-order chi connectivity index (χ1) is 14.7. The summed E-state index contributed by atoms with van der Waals surface area (Å²) >= 11 is 7.81. The SMILES string of the molecule is C=CCN(C)CC(=O)N1CC(c2ccc(Cl)cc2)Sc2ccccc21.O=C(O)C(=O)O. The van der Waals surface area contributed by atoms with Crippen molar-refractivity contribution in [2.75, 3.05) is 31.6 Å². The van der Waals surface area contributed by atoms with Gasteiger partial charge in [-0.1, -0.05) is 41.9 Å². The van der Waals surface area contributed by atoms with Gasteiger partial charge in [-0.15, -0.1) is 18.3 Å². The predicted molar refractivity (Wildman–Crippen MR) is 122 cm³/mol. The van der Waals surface area contributed by atoms with E-state index < -0.39 is 11.9 Å². The normalized spacial score (nSPS) is 14.8. The highest BCUT2D eigenvalue weighted by Gasteiger charge is 2.30. The number of carboxylic acid groups (broad SMARTS) is 2. The van der Waals surface area contributed by atoms with Crippen LogP contribution >= 0.6 is 23.4 Å². The van der Waals surface area contributed by atoms with Gasteiger partial charge >= 0.3 is 11.9 Å². The summed E-state index contributed by atoms with van der Waals surface area (Å²) in [5.41, 5.74) is 2.18. The van der Waals surface area contributed by atoms with Crippen LogP contribution in [0, 0.1) is 0 Å². The summed E-state index contributed by atoms with van der Waals surface area (Å²) in [7, 11) is 1.93. The summed E-state index contributed by atoms with van der Waals surface area (Å²) in [5, 5.41) is 15.7. The number of para-hydroxylation sites is 1. The number of rotatable bonds is 5. The van der Waals surface area contributed by atoms with Crippen molar-refractivity contribution in [1.82, 2.24) is 4.90 Å². The molecule has 1 aliphatic rings. The quantitative estimate of drug-likeness (QED) is 0.515. The Labute approximate surface area is 189 Å². The number of amides is 1. The molecule has 2 aromatic rings. The molecule has 3 rings (SSSR count). The molecule has 0 fully saturated rings. The van der Waals surface area contributed by atoms with Crippen molar-refractivity contribution >= 4 is 46.9 Å². The molecule has 0 aliphatic carbocycles. The molecule has 1 amide bonds. The van der Waals surface area contributed by atoms with E-state index in [4.69, 9.17) is 31.4 Å². The lowest BCUT2D eigenvalue weighted by molar-refractivity contribution is -0.159. The van der Waals surface area contributed by atoms with Crippen molar-refractivity contribution in [2.45, 2.75) is 10.1 Å². The first-order valence-corrected chi connectivity index (χ1v) is 10.6. The van der Waals surface area contributed by atoms with Gasteiger partial charge in [0.2, 0.25) is 5.91 Å². The number of thioether (sulfide) groups is 1. The zero-order valence-corrected chi connectivity index (χ0v) is 18.5. The van der Waals surface area contributed by atoms with Crippen LogP contribution < -0.4 is 4.90 Å². The van der Waals surface area contributed by atoms with Gasteiger partial charge in [0.25, 0.3) is 0 Å². The van der Waals surface area contributed by atoms with Crippen LogP contribution in [-0.4, -0.2) is 59.6 Å². The topological polar surface area (TPSA) is 98.2 Å². The number of halogens is 1. The Hall–Kier alpha value is -2.81. The van der Waals surface area contributed by atoms with E-state index in [9.17, 15) is 4.79 Å². The fraction of sp³-hybridized carbons (Fsp3) is 0.227. The number of fused-ring (bicyclic) bond motifs is 1. The summed E-state index contributed by atoms with van der Waals surface area (Å²) in [6, 6.07) is 16.0. The molecule has 0 aromatic heterocycles. The minimum absolute atomic E-state index is 0.107. The third-order valence-corrected chi connectivity index (χ3v) is 5.90. The Morgan fingerprint density at radius 3 is 2.35 bits per heavy atom. The number of hydrogen-bond donors (Lipinski definition) is 2. The molecule has 0 saturated carbocycles. The van der Waals surface area contributed by atoms with Crippen molar-refractivity contribution < 1.29 is 24.6 Å². The number of likely N-dealkylation sites (N-methyl/N-ethyl adjacent to an activating group) is 1. The molecule has 0 saturated heterocycles. The Balaban J connectivity index is 0.000000501. The highest BCUT2D eigenvalue weighted by molar-refractivity contribution is 7.99. The van der Waals surface area contributed by atoms with Gasteiger partial charge in [-0.05, 0) is 36.9 Å². The molecule has 9 heteroatoms. The minimum Gasteiger partial charge on any atom is -0.473 e. The van der Waals surface area contributed by atoms with E-state index in [2.05, 4.69) is 12.6 Å². The standard InChI is InChI=1S/C20H21ClN2OS.C2H2O4/c1-3-12-22(2)14-20(24)23-13-19(15-8-10-16(21)11-9-15)25-18-7-5-4-6-17(18)23;3-1(4)2(5)6/h3-11,19H,1,12-14H2,2H3;(H,3,4)(H,5,6). The summed E-state index contributed by atoms with van der Waals surface area (Å²) in [4.78, 5) is 36.1. The lowest BCUT2D eigenvalue weighted by atomic mass is 10.1. The van der Waals surface area contributed by atoms with Crippen LogP contribution in [0.25, 0.3) is 0 Å². The van der Waals surface area contributed by atoms with Crippen LogP contribution in [0.15, 0.2) is 66.1 Å². The van der Waals surface area contributed by atoms with Gasteiger partial charge in [0.15, 0.2) is 0 Å². The summed E-state index contributed by atoms with van der Waals surface area (Å²) in [6.45, 7) is 5.46. The molecule has 0 bridgehead atoms. The average molecular weight is 463 g/mol. The largest absolute Gasteiger partial charge is 0.473 e. The summed E-state index contributed by atoms with van der Waals surface area (Å²) in [6.07, 6.45) is 1.81. The predicted octanol–water partition coefficient (Wildman–Crippen LogP) is 3.79. The fourth-order valence-electron chi connectivity index (χ4n) is 2.92. The van der Waals surface area contributed by atoms with Crippen LogP contribution in [0.5, 0.6) is 0 Å². The molecule has 7 nitrogen and oxygen atoms in total. The molecule has 0 spiro atoms. The average Bonchev–Trinajstić information content (AvgIpc) is 2.74. The van der Waals surface area contributed by atoms with Gasteiger partial charge < -0.3 is 15.1 Å². The van der Waals surface area contributed by atoms with Crippen LogP contribution in [0.1, 0.15) is 10.8 Å². The van der Waals surface area contributed by atoms with Crippen molar-refractivity contribution in [3.05, 3.63) is 71.8 Å². The highest BCUT2D eigenvalue weighted by atomic mass is 35.5. The summed E-state index contributed by atoms with van der Waals surface area (Å²) < 4.78 is 0. The molecule has 0 radical (unpaired) electrons. The number of hydrogen-bond acceptors (Lipinski definition) is 5. The van der Waals surface area contributed by atoms with E-state index in [-0.39, 0.29) is 11.2 Å². The molecular formula is C22H23ClN2O5S. The van der Waals surface area contributed by atoms with Crippen LogP contribution in [0.4, 0.5) is 5.69 Å². The monoisotopic (exact) mass is 462 g/mol. The van der Waals surface area contributed by atoms with E-state index in [0.29, 0.717) is 19.6 Å². The Morgan fingerprint density at radius 2 is 1.77 bits per heavy atom. The van der Waals surface area contributed by atoms with E-state index in [1.807, 2.05) is 65.4 Å². The molecule has 1 atom stereocenters. The molecule has 1 aliphatic heterocycles. The van der Waals surface area contributed by atoms with Crippen LogP contribution in [0.3, 0.4) is 0 Å². The number of carbonyl (C=O) groups excluding carboxylic acids is 1. The van der Waals surface area contributed by atoms with Gasteiger partial charge in [0.1, 0.15) is 0 Å². The first kappa shape index (κ1) is 24.5. The third-order valence-electron chi connectivity index (χ3n) is 4.35. The number of benzene rings is 2. The zero-order chi connectivity index (χ0) is 23.0. The lowest BCUT2D eigenvalue weighted by Crippen LogP contribution is -2.42. The second-order valence-corrected chi connectivity index (χ2v) is 8.41. The number of anilines is 1. The molecule has 1 unspecified atom stereocenters. The van der Waals surface area contributed by atoms with Gasteiger partial charge in [-0.3, -0.25) is 9.69 Å². The van der Waals surface area contributed by atoms with E-state index >= 15 is 0 Å². The van der Waals surface area contributed by atoms with Crippen LogP contribution in [-0.2, 0) is 14.4 Å². The maximum Gasteiger partial charge on any atom is 0.414 e. The van der Waals surface area contributed by atoms with Crippen LogP contribution in [0.2, 0.25) is 5.02 Å². The summed E-state index contributed by atoms with van der Waals surface area (Å²) in [5.74, 6) is -3.54. The fourth-order valence-corrected chi connectivity index (χ4v) is 4.33. The Morgan fingerprint density at radius 1 is 1.16 bits per heavy atom. The minimum atomic E-state index is -1.82.